The van der Waals surface area contributed by atoms with E-state index in [0.717, 1.165) is 4.57 Å². The minimum absolute atomic E-state index is 0. The van der Waals surface area contributed by atoms with Crippen LogP contribution in [0.5, 0.6) is 0 Å². The quantitative estimate of drug-likeness (QED) is 0.714. The summed E-state index contributed by atoms with van der Waals surface area (Å²) in [4.78, 5) is 39.9. The molecule has 0 saturated heterocycles. The topological polar surface area (TPSA) is 112 Å². The number of nitrogens with zero attached hydrogens (tertiary/aromatic N) is 3. The van der Waals surface area contributed by atoms with Gasteiger partial charge in [0.2, 0.25) is 0 Å². The van der Waals surface area contributed by atoms with Gasteiger partial charge in [-0.3, -0.25) is 18.7 Å². The first-order chi connectivity index (χ1) is 9.97. The van der Waals surface area contributed by atoms with Gasteiger partial charge < -0.3 is 11.1 Å². The molecule has 0 radical (unpaired) electrons. The molecule has 1 amide bonds. The molecule has 8 nitrogen and oxygen atoms in total. The predicted octanol–water partition coefficient (Wildman–Crippen LogP) is -0.446. The van der Waals surface area contributed by atoms with Crippen molar-refractivity contribution >= 4 is 41.8 Å². The van der Waals surface area contributed by atoms with Crippen LogP contribution < -0.4 is 22.3 Å². The highest BCUT2D eigenvalue weighted by atomic mass is 35.5. The molecule has 0 unspecified atom stereocenters. The van der Waals surface area contributed by atoms with Crippen molar-refractivity contribution in [3.8, 4) is 0 Å². The summed E-state index contributed by atoms with van der Waals surface area (Å²) in [6.07, 6.45) is 0.665. The van der Waals surface area contributed by atoms with Gasteiger partial charge in [-0.1, -0.05) is 0 Å². The Morgan fingerprint density at radius 1 is 1.22 bits per heavy atom. The summed E-state index contributed by atoms with van der Waals surface area (Å²) in [6, 6.07) is 2.97. The van der Waals surface area contributed by atoms with Crippen LogP contribution in [-0.2, 0) is 14.1 Å². The Kier molecular flexibility index (Phi) is 7.94. The lowest BCUT2D eigenvalue weighted by molar-refractivity contribution is 0.0949. The van der Waals surface area contributed by atoms with Gasteiger partial charge in [-0.15, -0.1) is 24.8 Å². The number of carbonyl (C=O) groups excluding carboxylic acids is 1. The highest BCUT2D eigenvalue weighted by molar-refractivity contribution is 5.94. The number of hydrogen-bond donors (Lipinski definition) is 2. The van der Waals surface area contributed by atoms with E-state index in [0.29, 0.717) is 19.5 Å². The van der Waals surface area contributed by atoms with E-state index in [4.69, 9.17) is 5.73 Å². The van der Waals surface area contributed by atoms with Crippen molar-refractivity contribution in [1.29, 1.82) is 0 Å². The second-order valence-corrected chi connectivity index (χ2v) is 4.67. The molecule has 2 aromatic heterocycles. The molecule has 0 aliphatic carbocycles. The van der Waals surface area contributed by atoms with Crippen LogP contribution in [0, 0.1) is 0 Å². The number of carbonyl (C=O) groups is 1. The van der Waals surface area contributed by atoms with Crippen LogP contribution in [0.25, 0.3) is 11.0 Å². The van der Waals surface area contributed by atoms with Gasteiger partial charge in [-0.25, -0.2) is 9.78 Å². The number of aryl methyl sites for hydroxylation is 1. The van der Waals surface area contributed by atoms with Crippen LogP contribution in [0.15, 0.2) is 21.7 Å². The standard InChI is InChI=1S/C13H17N5O3.2ClH/c1-17-10-8(12(20)18(2)13(17)21)4-5-9(16-10)11(19)15-7-3-6-14;;/h4-5H,3,6-7,14H2,1-2H3,(H,15,19);2*1H. The highest BCUT2D eigenvalue weighted by Crippen LogP contribution is 2.06. The van der Waals surface area contributed by atoms with Gasteiger partial charge in [0, 0.05) is 20.6 Å². The SMILES string of the molecule is Cl.Cl.Cn1c(=O)c2ccc(C(=O)NCCCN)nc2n(C)c1=O. The monoisotopic (exact) mass is 363 g/mol. The molecule has 0 fully saturated rings. The van der Waals surface area contributed by atoms with Gasteiger partial charge in [-0.05, 0) is 25.1 Å². The number of nitrogens with two attached hydrogens (primary N) is 1. The maximum atomic E-state index is 12.0. The van der Waals surface area contributed by atoms with E-state index < -0.39 is 11.2 Å². The second kappa shape index (κ2) is 8.66. The van der Waals surface area contributed by atoms with Crippen LogP contribution >= 0.6 is 24.8 Å². The highest BCUT2D eigenvalue weighted by Gasteiger charge is 2.13. The molecule has 10 heteroatoms. The van der Waals surface area contributed by atoms with Crippen LogP contribution in [0.4, 0.5) is 0 Å². The van der Waals surface area contributed by atoms with Crippen molar-refractivity contribution in [3.05, 3.63) is 38.7 Å². The maximum absolute atomic E-state index is 12.0. The number of halogens is 2. The molecule has 2 heterocycles. The third-order valence-corrected chi connectivity index (χ3v) is 3.20. The lowest BCUT2D eigenvalue weighted by atomic mass is 10.2. The first kappa shape index (κ1) is 21.1. The summed E-state index contributed by atoms with van der Waals surface area (Å²) in [5, 5.41) is 2.96. The normalized spacial score (nSPS) is 9.87. The summed E-state index contributed by atoms with van der Waals surface area (Å²) >= 11 is 0. The summed E-state index contributed by atoms with van der Waals surface area (Å²) < 4.78 is 2.25. The first-order valence-electron chi connectivity index (χ1n) is 6.52. The van der Waals surface area contributed by atoms with Gasteiger partial charge in [0.1, 0.15) is 11.3 Å². The lowest BCUT2D eigenvalue weighted by Gasteiger charge is -2.08. The van der Waals surface area contributed by atoms with Crippen molar-refractivity contribution < 1.29 is 4.79 Å². The van der Waals surface area contributed by atoms with E-state index in [2.05, 4.69) is 10.3 Å². The molecule has 0 aromatic carbocycles. The molecule has 2 aromatic rings. The Morgan fingerprint density at radius 2 is 1.87 bits per heavy atom. The molecule has 0 aliphatic rings. The molecule has 0 spiro atoms. The molecule has 0 aliphatic heterocycles. The molecular weight excluding hydrogens is 345 g/mol. The molecular formula is C13H19Cl2N5O3. The van der Waals surface area contributed by atoms with Crippen molar-refractivity contribution in [1.82, 2.24) is 19.4 Å². The average molecular weight is 364 g/mol. The Labute approximate surface area is 144 Å². The molecule has 0 atom stereocenters. The summed E-state index contributed by atoms with van der Waals surface area (Å²) in [5.41, 5.74) is 4.78. The molecule has 23 heavy (non-hydrogen) atoms. The molecule has 0 saturated carbocycles. The Hall–Kier alpha value is -1.90. The van der Waals surface area contributed by atoms with Gasteiger partial charge in [0.05, 0.1) is 5.39 Å². The predicted molar refractivity (Wildman–Crippen MR) is 92.7 cm³/mol. The molecule has 0 bridgehead atoms. The van der Waals surface area contributed by atoms with Gasteiger partial charge >= 0.3 is 5.69 Å². The molecule has 3 N–H and O–H groups in total. The van der Waals surface area contributed by atoms with Gasteiger partial charge in [0.25, 0.3) is 11.5 Å². The van der Waals surface area contributed by atoms with Crippen molar-refractivity contribution in [3.63, 3.8) is 0 Å². The largest absolute Gasteiger partial charge is 0.351 e. The van der Waals surface area contributed by atoms with Crippen LogP contribution in [0.3, 0.4) is 0 Å². The summed E-state index contributed by atoms with van der Waals surface area (Å²) in [6.45, 7) is 0.931. The molecule has 128 valence electrons. The number of nitrogens with one attached hydrogen (secondary N) is 1. The van der Waals surface area contributed by atoms with Crippen LogP contribution in [-0.4, -0.2) is 33.1 Å². The Bertz CT molecular complexity index is 816. The third-order valence-electron chi connectivity index (χ3n) is 3.20. The van der Waals surface area contributed by atoms with E-state index in [-0.39, 0.29) is 47.4 Å². The Balaban J connectivity index is 0.00000242. The van der Waals surface area contributed by atoms with Crippen LogP contribution in [0.2, 0.25) is 0 Å². The van der Waals surface area contributed by atoms with E-state index >= 15 is 0 Å². The molecule has 2 rings (SSSR count). The van der Waals surface area contributed by atoms with E-state index in [1.807, 2.05) is 0 Å². The number of aromatic nitrogens is 3. The van der Waals surface area contributed by atoms with E-state index in [1.54, 1.807) is 0 Å². The van der Waals surface area contributed by atoms with E-state index in [1.165, 1.54) is 30.8 Å². The lowest BCUT2D eigenvalue weighted by Crippen LogP contribution is -2.37. The fraction of sp³-hybridized carbons (Fsp3) is 0.385. The number of rotatable bonds is 4. The van der Waals surface area contributed by atoms with E-state index in [9.17, 15) is 14.4 Å². The number of amides is 1. The Morgan fingerprint density at radius 3 is 2.48 bits per heavy atom. The van der Waals surface area contributed by atoms with Crippen molar-refractivity contribution in [2.24, 2.45) is 19.8 Å². The average Bonchev–Trinajstić information content (AvgIpc) is 2.50. The van der Waals surface area contributed by atoms with Crippen molar-refractivity contribution in [2.75, 3.05) is 13.1 Å². The van der Waals surface area contributed by atoms with Crippen molar-refractivity contribution in [2.45, 2.75) is 6.42 Å². The minimum Gasteiger partial charge on any atom is -0.351 e. The summed E-state index contributed by atoms with van der Waals surface area (Å²) in [7, 11) is 2.91. The maximum Gasteiger partial charge on any atom is 0.332 e. The summed E-state index contributed by atoms with van der Waals surface area (Å²) in [5.74, 6) is -0.363. The number of hydrogen-bond acceptors (Lipinski definition) is 5. The fourth-order valence-electron chi connectivity index (χ4n) is 1.98. The van der Waals surface area contributed by atoms with Gasteiger partial charge in [-0.2, -0.15) is 0 Å². The zero-order valence-corrected chi connectivity index (χ0v) is 14.4. The zero-order valence-electron chi connectivity index (χ0n) is 12.7. The minimum atomic E-state index is -0.485. The fourth-order valence-corrected chi connectivity index (χ4v) is 1.98. The number of fused-ring (bicyclic) bond motifs is 1. The second-order valence-electron chi connectivity index (χ2n) is 4.67. The zero-order chi connectivity index (χ0) is 15.6. The first-order valence-corrected chi connectivity index (χ1v) is 6.52. The third kappa shape index (κ3) is 4.10. The number of pyridine rings is 1. The smallest absolute Gasteiger partial charge is 0.332 e. The van der Waals surface area contributed by atoms with Crippen LogP contribution in [0.1, 0.15) is 16.9 Å². The van der Waals surface area contributed by atoms with Gasteiger partial charge in [0.15, 0.2) is 0 Å².